The quantitative estimate of drug-likeness (QED) is 0.926. The molecule has 0 bridgehead atoms. The van der Waals surface area contributed by atoms with Gasteiger partial charge in [-0.05, 0) is 26.7 Å². The summed E-state index contributed by atoms with van der Waals surface area (Å²) < 4.78 is 0.309. The lowest BCUT2D eigenvalue weighted by atomic mass is 10.2. The molecule has 5 heteroatoms. The minimum Gasteiger partial charge on any atom is -0.391 e. The molecule has 0 amide bonds. The third-order valence-corrected chi connectivity index (χ3v) is 5.93. The van der Waals surface area contributed by atoms with Crippen LogP contribution in [0.15, 0.2) is 0 Å². The van der Waals surface area contributed by atoms with Gasteiger partial charge in [0, 0.05) is 29.5 Å². The van der Waals surface area contributed by atoms with Gasteiger partial charge in [0.25, 0.3) is 0 Å². The van der Waals surface area contributed by atoms with Crippen molar-refractivity contribution in [2.24, 2.45) is 0 Å². The molecule has 1 aromatic heterocycles. The predicted molar refractivity (Wildman–Crippen MR) is 78.8 cm³/mol. The van der Waals surface area contributed by atoms with Crippen LogP contribution in [0.25, 0.3) is 0 Å². The van der Waals surface area contributed by atoms with Crippen LogP contribution < -0.4 is 4.90 Å². The van der Waals surface area contributed by atoms with Gasteiger partial charge in [-0.2, -0.15) is 11.8 Å². The van der Waals surface area contributed by atoms with E-state index in [1.165, 1.54) is 24.3 Å². The minimum atomic E-state index is 0.148. The molecule has 1 aliphatic carbocycles. The lowest BCUT2D eigenvalue weighted by Gasteiger charge is -2.37. The van der Waals surface area contributed by atoms with E-state index in [1.54, 1.807) is 11.3 Å². The Balaban J connectivity index is 1.83. The Labute approximate surface area is 117 Å². The highest BCUT2D eigenvalue weighted by Crippen LogP contribution is 2.45. The molecule has 1 N–H and O–H groups in total. The molecule has 2 fully saturated rings. The van der Waals surface area contributed by atoms with E-state index in [0.29, 0.717) is 10.7 Å². The van der Waals surface area contributed by atoms with Crippen molar-refractivity contribution in [1.82, 2.24) is 4.98 Å². The molecule has 100 valence electrons. The first-order chi connectivity index (χ1) is 8.59. The monoisotopic (exact) mass is 284 g/mol. The Kier molecular flexibility index (Phi) is 3.32. The van der Waals surface area contributed by atoms with Gasteiger partial charge in [-0.15, -0.1) is 0 Å². The molecule has 0 atom stereocenters. The Morgan fingerprint density at radius 1 is 1.44 bits per heavy atom. The summed E-state index contributed by atoms with van der Waals surface area (Å²) in [5.41, 5.74) is 1.17. The van der Waals surface area contributed by atoms with Crippen LogP contribution in [-0.4, -0.2) is 33.7 Å². The van der Waals surface area contributed by atoms with Crippen molar-refractivity contribution < 1.29 is 5.11 Å². The van der Waals surface area contributed by atoms with Crippen LogP contribution in [0.2, 0.25) is 0 Å². The van der Waals surface area contributed by atoms with Crippen LogP contribution in [0.1, 0.15) is 43.2 Å². The Bertz CT molecular complexity index is 440. The number of aliphatic hydroxyl groups excluding tert-OH is 1. The van der Waals surface area contributed by atoms with Gasteiger partial charge in [0.1, 0.15) is 0 Å². The van der Waals surface area contributed by atoms with Crippen molar-refractivity contribution in [2.75, 3.05) is 23.7 Å². The second-order valence-electron chi connectivity index (χ2n) is 5.77. The minimum absolute atomic E-state index is 0.148. The van der Waals surface area contributed by atoms with Gasteiger partial charge >= 0.3 is 0 Å². The number of anilines is 1. The normalized spacial score (nSPS) is 23.4. The van der Waals surface area contributed by atoms with Crippen molar-refractivity contribution >= 4 is 28.2 Å². The Hall–Kier alpha value is -0.260. The average molecular weight is 284 g/mol. The van der Waals surface area contributed by atoms with Gasteiger partial charge in [-0.3, -0.25) is 0 Å². The number of hydrogen-bond acceptors (Lipinski definition) is 5. The molecular formula is C13H20N2OS2. The lowest BCUT2D eigenvalue weighted by Crippen LogP contribution is -2.43. The van der Waals surface area contributed by atoms with Gasteiger partial charge in [0.2, 0.25) is 0 Å². The largest absolute Gasteiger partial charge is 0.391 e. The second kappa shape index (κ2) is 4.69. The molecule has 0 unspecified atom stereocenters. The SMILES string of the molecule is CC1(C)CN(c2nc(C3CC3)c(CO)s2)CCS1. The Morgan fingerprint density at radius 2 is 2.22 bits per heavy atom. The predicted octanol–water partition coefficient (Wildman–Crippen LogP) is 2.84. The highest BCUT2D eigenvalue weighted by molar-refractivity contribution is 8.00. The zero-order valence-corrected chi connectivity index (χ0v) is 12.6. The number of hydrogen-bond donors (Lipinski definition) is 1. The summed E-state index contributed by atoms with van der Waals surface area (Å²) >= 11 is 3.73. The molecule has 0 aromatic carbocycles. The summed E-state index contributed by atoms with van der Waals surface area (Å²) in [5.74, 6) is 1.80. The number of aromatic nitrogens is 1. The third kappa shape index (κ3) is 2.53. The van der Waals surface area contributed by atoms with Crippen LogP contribution in [-0.2, 0) is 6.61 Å². The van der Waals surface area contributed by atoms with Gasteiger partial charge in [-0.1, -0.05) is 11.3 Å². The molecular weight excluding hydrogens is 264 g/mol. The van der Waals surface area contributed by atoms with Gasteiger partial charge in [0.15, 0.2) is 5.13 Å². The molecule has 3 nitrogen and oxygen atoms in total. The van der Waals surface area contributed by atoms with Crippen LogP contribution in [0.4, 0.5) is 5.13 Å². The summed E-state index contributed by atoms with van der Waals surface area (Å²) in [4.78, 5) is 8.29. The van der Waals surface area contributed by atoms with Crippen molar-refractivity contribution in [1.29, 1.82) is 0 Å². The van der Waals surface area contributed by atoms with E-state index in [0.717, 1.165) is 23.1 Å². The van der Waals surface area contributed by atoms with Crippen LogP contribution in [0, 0.1) is 0 Å². The van der Waals surface area contributed by atoms with Crippen LogP contribution in [0.5, 0.6) is 0 Å². The smallest absolute Gasteiger partial charge is 0.185 e. The number of rotatable bonds is 3. The fourth-order valence-corrected chi connectivity index (χ4v) is 4.60. The first kappa shape index (κ1) is 12.8. The molecule has 1 aliphatic heterocycles. The maximum atomic E-state index is 9.46. The zero-order chi connectivity index (χ0) is 12.8. The number of nitrogens with zero attached hydrogens (tertiary/aromatic N) is 2. The summed E-state index contributed by atoms with van der Waals surface area (Å²) in [7, 11) is 0. The van der Waals surface area contributed by atoms with Crippen molar-refractivity contribution in [2.45, 2.75) is 44.0 Å². The van der Waals surface area contributed by atoms with Gasteiger partial charge in [0.05, 0.1) is 17.2 Å². The summed E-state index contributed by atoms with van der Waals surface area (Å²) in [6.07, 6.45) is 2.50. The van der Waals surface area contributed by atoms with Gasteiger partial charge in [-0.25, -0.2) is 4.98 Å². The first-order valence-electron chi connectivity index (χ1n) is 6.58. The highest BCUT2D eigenvalue weighted by atomic mass is 32.2. The number of thioether (sulfide) groups is 1. The van der Waals surface area contributed by atoms with E-state index >= 15 is 0 Å². The highest BCUT2D eigenvalue weighted by Gasteiger charge is 2.33. The molecule has 0 radical (unpaired) electrons. The summed E-state index contributed by atoms with van der Waals surface area (Å²) in [6, 6.07) is 0. The van der Waals surface area contributed by atoms with Crippen LogP contribution in [0.3, 0.4) is 0 Å². The molecule has 1 aromatic rings. The zero-order valence-electron chi connectivity index (χ0n) is 11.0. The lowest BCUT2D eigenvalue weighted by molar-refractivity contribution is 0.284. The average Bonchev–Trinajstić information content (AvgIpc) is 3.07. The van der Waals surface area contributed by atoms with E-state index in [-0.39, 0.29) is 6.61 Å². The molecule has 2 heterocycles. The van der Waals surface area contributed by atoms with E-state index in [9.17, 15) is 5.11 Å². The topological polar surface area (TPSA) is 36.4 Å². The molecule has 3 rings (SSSR count). The molecule has 1 saturated heterocycles. The molecule has 0 spiro atoms. The second-order valence-corrected chi connectivity index (χ2v) is 8.63. The fourth-order valence-electron chi connectivity index (χ4n) is 2.45. The maximum absolute atomic E-state index is 9.46. The van der Waals surface area contributed by atoms with Crippen molar-refractivity contribution in [3.05, 3.63) is 10.6 Å². The van der Waals surface area contributed by atoms with Crippen molar-refractivity contribution in [3.63, 3.8) is 0 Å². The maximum Gasteiger partial charge on any atom is 0.185 e. The van der Waals surface area contributed by atoms with E-state index in [2.05, 4.69) is 18.7 Å². The number of aliphatic hydroxyl groups is 1. The molecule has 2 aliphatic rings. The van der Waals surface area contributed by atoms with Crippen molar-refractivity contribution in [3.8, 4) is 0 Å². The first-order valence-corrected chi connectivity index (χ1v) is 8.38. The summed E-state index contributed by atoms with van der Waals surface area (Å²) in [6.45, 7) is 6.88. The fraction of sp³-hybridized carbons (Fsp3) is 0.769. The van der Waals surface area contributed by atoms with Gasteiger partial charge < -0.3 is 10.0 Å². The van der Waals surface area contributed by atoms with E-state index < -0.39 is 0 Å². The van der Waals surface area contributed by atoms with E-state index in [4.69, 9.17) is 4.98 Å². The Morgan fingerprint density at radius 3 is 2.83 bits per heavy atom. The third-order valence-electron chi connectivity index (χ3n) is 3.52. The van der Waals surface area contributed by atoms with Crippen LogP contribution >= 0.6 is 23.1 Å². The molecule has 1 saturated carbocycles. The van der Waals surface area contributed by atoms with E-state index in [1.807, 2.05) is 11.8 Å². The standard InChI is InChI=1S/C13H20N2OS2/c1-13(2)8-15(5-6-17-13)12-14-11(9-3-4-9)10(7-16)18-12/h9,16H,3-8H2,1-2H3. The summed E-state index contributed by atoms with van der Waals surface area (Å²) in [5, 5.41) is 10.6. The molecule has 18 heavy (non-hydrogen) atoms. The number of thiazole rings is 1.